The average molecular weight is 923 g/mol. The van der Waals surface area contributed by atoms with E-state index in [-0.39, 0.29) is 23.6 Å². The zero-order chi connectivity index (χ0) is 46.8. The Balaban J connectivity index is 0.662. The Kier molecular flexibility index (Phi) is 13.0. The number of carbonyl (C=O) groups is 4. The monoisotopic (exact) mass is 922 g/mol. The number of carbonyl (C=O) groups excluding carboxylic acids is 4. The molecule has 5 heterocycles. The van der Waals surface area contributed by atoms with Crippen molar-refractivity contribution in [2.24, 2.45) is 11.3 Å². The lowest BCUT2D eigenvalue weighted by Gasteiger charge is -2.39. The fourth-order valence-corrected chi connectivity index (χ4v) is 10.6. The summed E-state index contributed by atoms with van der Waals surface area (Å²) >= 11 is 0. The average Bonchev–Trinajstić information content (AvgIpc) is 3.96. The third-order valence-electron chi connectivity index (χ3n) is 14.7. The van der Waals surface area contributed by atoms with Gasteiger partial charge in [0, 0.05) is 86.4 Å². The van der Waals surface area contributed by atoms with Gasteiger partial charge >= 0.3 is 0 Å². The van der Waals surface area contributed by atoms with E-state index in [1.165, 1.54) is 43.8 Å². The first kappa shape index (κ1) is 45.2. The molecule has 1 unspecified atom stereocenters. The number of likely N-dealkylation sites (tertiary alicyclic amines) is 2. The number of benzene rings is 4. The van der Waals surface area contributed by atoms with Crippen molar-refractivity contribution < 1.29 is 33.0 Å². The maximum absolute atomic E-state index is 13.3. The summed E-state index contributed by atoms with van der Waals surface area (Å²) < 4.78 is 25.7. The highest BCUT2D eigenvalue weighted by Gasteiger charge is 2.56. The highest BCUT2D eigenvalue weighted by Crippen LogP contribution is 2.48. The van der Waals surface area contributed by atoms with Crippen molar-refractivity contribution in [3.8, 4) is 17.2 Å². The summed E-state index contributed by atoms with van der Waals surface area (Å²) in [6.45, 7) is 7.46. The van der Waals surface area contributed by atoms with Crippen LogP contribution in [0.15, 0.2) is 97.2 Å². The Bertz CT molecular complexity index is 2650. The van der Waals surface area contributed by atoms with Crippen molar-refractivity contribution in [1.82, 2.24) is 20.1 Å². The van der Waals surface area contributed by atoms with E-state index in [1.807, 2.05) is 36.4 Å². The van der Waals surface area contributed by atoms with E-state index >= 15 is 0 Å². The molecule has 5 fully saturated rings. The van der Waals surface area contributed by atoms with Gasteiger partial charge in [0.1, 0.15) is 28.5 Å². The fraction of sp³-hybridized carbons (Fsp3) is 0.415. The summed E-state index contributed by atoms with van der Waals surface area (Å²) in [5.41, 5.74) is 3.69. The number of hydrogen-bond acceptors (Lipinski definition) is 11. The van der Waals surface area contributed by atoms with Gasteiger partial charge in [0.2, 0.25) is 23.6 Å². The van der Waals surface area contributed by atoms with Crippen molar-refractivity contribution in [1.29, 1.82) is 0 Å². The van der Waals surface area contributed by atoms with Crippen molar-refractivity contribution in [2.75, 3.05) is 73.8 Å². The molecule has 354 valence electrons. The Morgan fingerprint density at radius 2 is 1.49 bits per heavy atom. The minimum atomic E-state index is -1.16. The van der Waals surface area contributed by atoms with Crippen molar-refractivity contribution in [3.05, 3.63) is 109 Å². The third-order valence-corrected chi connectivity index (χ3v) is 14.7. The van der Waals surface area contributed by atoms with Gasteiger partial charge in [-0.2, -0.15) is 0 Å². The Hall–Kier alpha value is -6.58. The molecule has 3 atom stereocenters. The van der Waals surface area contributed by atoms with Gasteiger partial charge in [-0.3, -0.25) is 39.3 Å². The Morgan fingerprint density at radius 3 is 2.15 bits per heavy atom. The summed E-state index contributed by atoms with van der Waals surface area (Å²) in [4.78, 5) is 62.6. The number of unbranched alkanes of at least 4 members (excludes halogenated alkanes) is 1. The molecule has 5 aliphatic rings. The van der Waals surface area contributed by atoms with Crippen LogP contribution >= 0.6 is 0 Å². The number of piperidine rings is 2. The standard InChI is InChI=1S/C53H59FN8O6/c1-67-48-29-44-45(56-24-18-47(44)68-42-14-12-39(13-15-42)58-52(66)53(21-22-53)51(65)57-38-10-6-36(54)7-11-38)30-46(48)60-26-19-34(20-27-60)31-62-33-40-28-41(62)32-61(40)25-3-2-23-55-37-8-4-35(5-9-37)43-16-17-49(63)59-50(43)64/h4-15,18,24,29-30,34,40-41,43,55H,2-3,16-17,19-23,25-28,31-33H2,1H3,(H,57,65)(H,58,66)(H,59,63,64)/t40-,41-,43?/m0/s1. The van der Waals surface area contributed by atoms with Crippen LogP contribution in [0.3, 0.4) is 0 Å². The van der Waals surface area contributed by atoms with Crippen molar-refractivity contribution >= 4 is 57.3 Å². The van der Waals surface area contributed by atoms with E-state index in [0.717, 1.165) is 92.0 Å². The van der Waals surface area contributed by atoms with E-state index in [1.54, 1.807) is 37.6 Å². The normalized spacial score (nSPS) is 21.4. The molecule has 14 nitrogen and oxygen atoms in total. The predicted octanol–water partition coefficient (Wildman–Crippen LogP) is 7.92. The zero-order valence-corrected chi connectivity index (χ0v) is 38.5. The molecular weight excluding hydrogens is 864 g/mol. The molecule has 1 saturated carbocycles. The van der Waals surface area contributed by atoms with Crippen LogP contribution in [0.2, 0.25) is 0 Å². The van der Waals surface area contributed by atoms with Crippen molar-refractivity contribution in [2.45, 2.75) is 75.8 Å². The highest BCUT2D eigenvalue weighted by atomic mass is 19.1. The maximum Gasteiger partial charge on any atom is 0.240 e. The van der Waals surface area contributed by atoms with Crippen LogP contribution in [-0.4, -0.2) is 103 Å². The molecule has 1 aliphatic carbocycles. The van der Waals surface area contributed by atoms with Crippen molar-refractivity contribution in [3.63, 3.8) is 0 Å². The molecule has 1 aromatic heterocycles. The number of nitrogens with one attached hydrogen (secondary N) is 4. The molecule has 4 aliphatic heterocycles. The number of amides is 4. The lowest BCUT2D eigenvalue weighted by molar-refractivity contribution is -0.134. The van der Waals surface area contributed by atoms with Gasteiger partial charge in [0.05, 0.1) is 24.2 Å². The molecule has 4 amide bonds. The minimum Gasteiger partial charge on any atom is -0.495 e. The lowest BCUT2D eigenvalue weighted by atomic mass is 9.90. The molecule has 15 heteroatoms. The van der Waals surface area contributed by atoms with Crippen LogP contribution in [0.25, 0.3) is 10.9 Å². The molecule has 5 aromatic rings. The maximum atomic E-state index is 13.3. The second kappa shape index (κ2) is 19.6. The number of ether oxygens (including phenoxy) is 2. The molecular formula is C53H59FN8O6. The first-order chi connectivity index (χ1) is 33.1. The largest absolute Gasteiger partial charge is 0.495 e. The van der Waals surface area contributed by atoms with E-state index in [4.69, 9.17) is 14.5 Å². The third kappa shape index (κ3) is 9.86. The molecule has 4 N–H and O–H groups in total. The smallest absolute Gasteiger partial charge is 0.240 e. The molecule has 0 radical (unpaired) electrons. The quantitative estimate of drug-likeness (QED) is 0.0408. The fourth-order valence-electron chi connectivity index (χ4n) is 10.6. The predicted molar refractivity (Wildman–Crippen MR) is 260 cm³/mol. The Morgan fingerprint density at radius 1 is 0.809 bits per heavy atom. The van der Waals surface area contributed by atoms with Gasteiger partial charge in [-0.25, -0.2) is 4.39 Å². The van der Waals surface area contributed by atoms with E-state index in [2.05, 4.69) is 42.0 Å². The number of piperazine rings is 1. The van der Waals surface area contributed by atoms with Crippen LogP contribution in [0.4, 0.5) is 27.1 Å². The van der Waals surface area contributed by atoms with Crippen LogP contribution in [0.1, 0.15) is 69.3 Å². The number of anilines is 4. The molecule has 0 spiro atoms. The van der Waals surface area contributed by atoms with Gasteiger partial charge in [0.25, 0.3) is 0 Å². The first-order valence-corrected chi connectivity index (χ1v) is 24.1. The summed E-state index contributed by atoms with van der Waals surface area (Å²) in [6, 6.07) is 27.8. The second-order valence-corrected chi connectivity index (χ2v) is 19.2. The number of pyridine rings is 1. The van der Waals surface area contributed by atoms with Crippen LogP contribution in [0, 0.1) is 17.2 Å². The molecule has 10 rings (SSSR count). The highest BCUT2D eigenvalue weighted by molar-refractivity contribution is 6.17. The Labute approximate surface area is 395 Å². The summed E-state index contributed by atoms with van der Waals surface area (Å²) in [7, 11) is 1.70. The minimum absolute atomic E-state index is 0.185. The second-order valence-electron chi connectivity index (χ2n) is 19.2. The van der Waals surface area contributed by atoms with Gasteiger partial charge in [0.15, 0.2) is 0 Å². The number of aromatic nitrogens is 1. The van der Waals surface area contributed by atoms with Gasteiger partial charge in [-0.05, 0) is 148 Å². The number of halogens is 1. The van der Waals surface area contributed by atoms with Crippen LogP contribution < -0.4 is 35.6 Å². The zero-order valence-electron chi connectivity index (χ0n) is 38.5. The number of rotatable bonds is 17. The summed E-state index contributed by atoms with van der Waals surface area (Å²) in [6.07, 6.45) is 9.37. The van der Waals surface area contributed by atoms with Gasteiger partial charge in [-0.1, -0.05) is 12.1 Å². The van der Waals surface area contributed by atoms with E-state index in [9.17, 15) is 23.6 Å². The topological polar surface area (TPSA) is 157 Å². The summed E-state index contributed by atoms with van der Waals surface area (Å²) in [5.74, 6) is 0.827. The number of nitrogens with zero attached hydrogens (tertiary/aromatic N) is 4. The van der Waals surface area contributed by atoms with Crippen LogP contribution in [-0.2, 0) is 19.2 Å². The summed E-state index contributed by atoms with van der Waals surface area (Å²) in [5, 5.41) is 12.4. The molecule has 4 saturated heterocycles. The number of hydrogen-bond donors (Lipinski definition) is 4. The van der Waals surface area contributed by atoms with E-state index in [0.29, 0.717) is 66.6 Å². The number of fused-ring (bicyclic) bond motifs is 3. The van der Waals surface area contributed by atoms with Gasteiger partial charge < -0.3 is 30.3 Å². The number of methoxy groups -OCH3 is 1. The molecule has 4 aromatic carbocycles. The molecule has 2 bridgehead atoms. The SMILES string of the molecule is COc1cc2c(Oc3ccc(NC(=O)C4(C(=O)Nc5ccc(F)cc5)CC4)cc3)ccnc2cc1N1CCC(CN2C[C@@H]3C[C@H]2CN3CCCCNc2ccc(C3CCC(=O)NC3=O)cc2)CC1. The molecule has 68 heavy (non-hydrogen) atoms. The van der Waals surface area contributed by atoms with Gasteiger partial charge in [-0.15, -0.1) is 0 Å². The first-order valence-electron chi connectivity index (χ1n) is 24.1. The van der Waals surface area contributed by atoms with E-state index < -0.39 is 17.1 Å². The number of imide groups is 1. The van der Waals surface area contributed by atoms with Crippen LogP contribution in [0.5, 0.6) is 17.2 Å². The lowest BCUT2D eigenvalue weighted by Crippen LogP contribution is -2.49.